The molecule has 2 aromatic rings. The average molecular weight is 337 g/mol. The molecule has 0 atom stereocenters. The molecule has 1 heterocycles. The Kier molecular flexibility index (Phi) is 4.44. The number of para-hydroxylation sites is 1. The highest BCUT2D eigenvalue weighted by Gasteiger charge is 2.21. The average Bonchev–Trinajstić information content (AvgIpc) is 3.20. The molecule has 0 aliphatic heterocycles. The largest absolute Gasteiger partial charge is 0.385 e. The fraction of sp³-hybridized carbons (Fsp3) is 0.500. The Bertz CT molecular complexity index is 589. The molecule has 108 valence electrons. The molecule has 0 spiro atoms. The van der Waals surface area contributed by atoms with Crippen molar-refractivity contribution < 1.29 is 4.74 Å². The highest BCUT2D eigenvalue weighted by Crippen LogP contribution is 2.29. The minimum absolute atomic E-state index is 0.744. The van der Waals surface area contributed by atoms with Gasteiger partial charge in [0.2, 0.25) is 0 Å². The van der Waals surface area contributed by atoms with Gasteiger partial charge in [0.05, 0.1) is 5.52 Å². The maximum atomic E-state index is 5.16. The van der Waals surface area contributed by atoms with Crippen LogP contribution in [0.4, 0.5) is 0 Å². The van der Waals surface area contributed by atoms with Gasteiger partial charge < -0.3 is 14.6 Å². The molecule has 3 rings (SSSR count). The summed E-state index contributed by atoms with van der Waals surface area (Å²) in [5.74, 6) is 0. The predicted molar refractivity (Wildman–Crippen MR) is 86.0 cm³/mol. The minimum Gasteiger partial charge on any atom is -0.385 e. The zero-order valence-electron chi connectivity index (χ0n) is 11.9. The number of rotatable bonds is 7. The fourth-order valence-electron chi connectivity index (χ4n) is 2.63. The van der Waals surface area contributed by atoms with E-state index in [1.807, 2.05) is 0 Å². The summed E-state index contributed by atoms with van der Waals surface area (Å²) in [5.41, 5.74) is 2.70. The molecule has 1 N–H and O–H groups in total. The molecule has 1 aliphatic carbocycles. The summed E-state index contributed by atoms with van der Waals surface area (Å²) in [5, 5.41) is 4.96. The van der Waals surface area contributed by atoms with Crippen LogP contribution in [0.3, 0.4) is 0 Å². The van der Waals surface area contributed by atoms with Gasteiger partial charge in [0, 0.05) is 48.9 Å². The first-order valence-electron chi connectivity index (χ1n) is 7.28. The molecule has 0 unspecified atom stereocenters. The topological polar surface area (TPSA) is 26.2 Å². The molecule has 0 radical (unpaired) electrons. The Morgan fingerprint density at radius 3 is 3.00 bits per heavy atom. The van der Waals surface area contributed by atoms with Crippen LogP contribution in [0, 0.1) is 0 Å². The van der Waals surface area contributed by atoms with Crippen molar-refractivity contribution in [1.82, 2.24) is 9.88 Å². The fourth-order valence-corrected chi connectivity index (χ4v) is 3.22. The van der Waals surface area contributed by atoms with Crippen LogP contribution in [0.5, 0.6) is 0 Å². The molecule has 1 saturated carbocycles. The molecule has 1 aliphatic rings. The first kappa shape index (κ1) is 14.1. The molecular formula is C16H21BrN2O. The number of nitrogens with zero attached hydrogens (tertiary/aromatic N) is 1. The molecule has 0 amide bonds. The number of ether oxygens (including phenoxy) is 1. The van der Waals surface area contributed by atoms with Crippen molar-refractivity contribution >= 4 is 26.8 Å². The van der Waals surface area contributed by atoms with Crippen LogP contribution in [0.1, 0.15) is 24.8 Å². The van der Waals surface area contributed by atoms with Gasteiger partial charge in [0.15, 0.2) is 0 Å². The van der Waals surface area contributed by atoms with Crippen LogP contribution >= 0.6 is 15.9 Å². The summed E-state index contributed by atoms with van der Waals surface area (Å²) in [4.78, 5) is 0. The number of halogens is 1. The van der Waals surface area contributed by atoms with E-state index >= 15 is 0 Å². The normalized spacial score (nSPS) is 15.1. The summed E-state index contributed by atoms with van der Waals surface area (Å²) >= 11 is 3.69. The van der Waals surface area contributed by atoms with E-state index < -0.39 is 0 Å². The Morgan fingerprint density at radius 2 is 2.25 bits per heavy atom. The molecule has 0 saturated heterocycles. The van der Waals surface area contributed by atoms with Gasteiger partial charge in [-0.25, -0.2) is 0 Å². The highest BCUT2D eigenvalue weighted by molar-refractivity contribution is 9.10. The van der Waals surface area contributed by atoms with Gasteiger partial charge in [-0.2, -0.15) is 0 Å². The number of hydrogen-bond donors (Lipinski definition) is 1. The Labute approximate surface area is 128 Å². The van der Waals surface area contributed by atoms with E-state index in [0.717, 1.165) is 32.2 Å². The van der Waals surface area contributed by atoms with Crippen molar-refractivity contribution in [3.8, 4) is 0 Å². The number of hydrogen-bond acceptors (Lipinski definition) is 2. The van der Waals surface area contributed by atoms with Gasteiger partial charge in [-0.3, -0.25) is 0 Å². The second-order valence-electron chi connectivity index (χ2n) is 5.49. The van der Waals surface area contributed by atoms with Gasteiger partial charge in [-0.1, -0.05) is 12.1 Å². The maximum Gasteiger partial charge on any atom is 0.0628 e. The Morgan fingerprint density at radius 1 is 1.40 bits per heavy atom. The molecule has 3 nitrogen and oxygen atoms in total. The van der Waals surface area contributed by atoms with Crippen molar-refractivity contribution in [3.05, 3.63) is 34.4 Å². The van der Waals surface area contributed by atoms with Crippen LogP contribution in [0.15, 0.2) is 28.9 Å². The first-order valence-corrected chi connectivity index (χ1v) is 8.07. The minimum atomic E-state index is 0.744. The van der Waals surface area contributed by atoms with E-state index in [0.29, 0.717) is 0 Å². The quantitative estimate of drug-likeness (QED) is 0.780. The van der Waals surface area contributed by atoms with Crippen molar-refractivity contribution in [2.45, 2.75) is 38.4 Å². The van der Waals surface area contributed by atoms with Crippen LogP contribution in [0.25, 0.3) is 10.9 Å². The summed E-state index contributed by atoms with van der Waals surface area (Å²) in [6.45, 7) is 2.77. The van der Waals surface area contributed by atoms with Crippen LogP contribution in [-0.2, 0) is 17.8 Å². The number of benzene rings is 1. The monoisotopic (exact) mass is 336 g/mol. The molecule has 1 aromatic carbocycles. The first-order chi connectivity index (χ1) is 9.79. The molecule has 4 heteroatoms. The van der Waals surface area contributed by atoms with Gasteiger partial charge >= 0.3 is 0 Å². The number of nitrogens with one attached hydrogen (secondary N) is 1. The third-order valence-corrected chi connectivity index (χ3v) is 4.48. The second kappa shape index (κ2) is 6.29. The van der Waals surface area contributed by atoms with E-state index in [-0.39, 0.29) is 0 Å². The van der Waals surface area contributed by atoms with Gasteiger partial charge in [-0.15, -0.1) is 0 Å². The Balaban J connectivity index is 1.87. The van der Waals surface area contributed by atoms with Crippen LogP contribution in [-0.4, -0.2) is 24.3 Å². The number of fused-ring (bicyclic) bond motifs is 1. The van der Waals surface area contributed by atoms with E-state index in [4.69, 9.17) is 4.74 Å². The van der Waals surface area contributed by atoms with Crippen LogP contribution in [0.2, 0.25) is 0 Å². The lowest BCUT2D eigenvalue weighted by molar-refractivity contribution is 0.190. The standard InChI is InChI=1S/C16H21BrN2O/c1-20-9-3-8-19-11-12(10-18-13-6-7-13)14-4-2-5-15(17)16(14)19/h2,4-5,11,13,18H,3,6-10H2,1H3. The van der Waals surface area contributed by atoms with Crippen molar-refractivity contribution in [2.24, 2.45) is 0 Å². The van der Waals surface area contributed by atoms with E-state index in [2.05, 4.69) is 50.2 Å². The third kappa shape index (κ3) is 3.08. The SMILES string of the molecule is COCCCn1cc(CNC2CC2)c2cccc(Br)c21. The lowest BCUT2D eigenvalue weighted by Crippen LogP contribution is -2.14. The summed E-state index contributed by atoms with van der Waals surface area (Å²) in [6, 6.07) is 7.20. The lowest BCUT2D eigenvalue weighted by atomic mass is 10.2. The smallest absolute Gasteiger partial charge is 0.0628 e. The maximum absolute atomic E-state index is 5.16. The van der Waals surface area contributed by atoms with Crippen LogP contribution < -0.4 is 5.32 Å². The van der Waals surface area contributed by atoms with Crippen molar-refractivity contribution in [3.63, 3.8) is 0 Å². The molecule has 1 fully saturated rings. The molecule has 1 aromatic heterocycles. The number of aryl methyl sites for hydroxylation is 1. The lowest BCUT2D eigenvalue weighted by Gasteiger charge is -2.06. The summed E-state index contributed by atoms with van der Waals surface area (Å²) < 4.78 is 8.68. The second-order valence-corrected chi connectivity index (χ2v) is 6.34. The van der Waals surface area contributed by atoms with Gasteiger partial charge in [0.25, 0.3) is 0 Å². The Hall–Kier alpha value is -0.840. The zero-order chi connectivity index (χ0) is 13.9. The zero-order valence-corrected chi connectivity index (χ0v) is 13.4. The summed E-state index contributed by atoms with van der Waals surface area (Å²) in [7, 11) is 1.76. The van der Waals surface area contributed by atoms with E-state index in [1.54, 1.807) is 7.11 Å². The molecule has 0 bridgehead atoms. The van der Waals surface area contributed by atoms with Crippen molar-refractivity contribution in [1.29, 1.82) is 0 Å². The van der Waals surface area contributed by atoms with Crippen molar-refractivity contribution in [2.75, 3.05) is 13.7 Å². The van der Waals surface area contributed by atoms with Gasteiger partial charge in [0.1, 0.15) is 0 Å². The predicted octanol–water partition coefficient (Wildman–Crippen LogP) is 3.69. The molecule has 20 heavy (non-hydrogen) atoms. The van der Waals surface area contributed by atoms with E-state index in [1.165, 1.54) is 33.8 Å². The third-order valence-electron chi connectivity index (χ3n) is 3.84. The number of aromatic nitrogens is 1. The molecular weight excluding hydrogens is 316 g/mol. The highest BCUT2D eigenvalue weighted by atomic mass is 79.9. The summed E-state index contributed by atoms with van der Waals surface area (Å²) in [6.07, 6.45) is 5.99. The van der Waals surface area contributed by atoms with E-state index in [9.17, 15) is 0 Å². The van der Waals surface area contributed by atoms with Gasteiger partial charge in [-0.05, 0) is 46.8 Å². The number of methoxy groups -OCH3 is 1.